The Labute approximate surface area is 283 Å². The average molecular weight is 722 g/mol. The fraction of sp³-hybridized carbons (Fsp3) is 0.257. The van der Waals surface area contributed by atoms with E-state index in [1.54, 1.807) is 44.2 Å². The largest absolute Gasteiger partial charge is 0.493 e. The third kappa shape index (κ3) is 7.18. The van der Waals surface area contributed by atoms with Gasteiger partial charge < -0.3 is 24.1 Å². The lowest BCUT2D eigenvalue weighted by Gasteiger charge is -2.26. The number of aromatic nitrogens is 1. The highest BCUT2D eigenvalue weighted by molar-refractivity contribution is 9.10. The number of hydrogen-bond donors (Lipinski definition) is 1. The van der Waals surface area contributed by atoms with Gasteiger partial charge in [-0.25, -0.2) is 14.6 Å². The first-order valence-electron chi connectivity index (χ1n) is 14.8. The second-order valence-corrected chi connectivity index (χ2v) is 12.7. The summed E-state index contributed by atoms with van der Waals surface area (Å²) in [6.45, 7) is 7.65. The van der Waals surface area contributed by atoms with E-state index >= 15 is 0 Å². The van der Waals surface area contributed by atoms with Gasteiger partial charge in [0.05, 0.1) is 41.2 Å². The van der Waals surface area contributed by atoms with Crippen LogP contribution in [0.25, 0.3) is 6.08 Å². The number of hydrogen-bond acceptors (Lipinski definition) is 9. The zero-order chi connectivity index (χ0) is 33.8. The summed E-state index contributed by atoms with van der Waals surface area (Å²) in [6, 6.07) is 16.5. The number of thiazole rings is 1. The predicted octanol–water partition coefficient (Wildman–Crippen LogP) is 5.63. The fourth-order valence-corrected chi connectivity index (χ4v) is 6.61. The van der Waals surface area contributed by atoms with Gasteiger partial charge in [0.2, 0.25) is 0 Å². The van der Waals surface area contributed by atoms with Crippen LogP contribution in [-0.2, 0) is 16.1 Å². The van der Waals surface area contributed by atoms with Crippen LogP contribution in [0.15, 0.2) is 86.2 Å². The highest BCUT2D eigenvalue weighted by atomic mass is 79.9. The number of nitrogens with zero attached hydrogens (tertiary/aromatic N) is 2. The van der Waals surface area contributed by atoms with E-state index in [4.69, 9.17) is 24.1 Å². The molecule has 244 valence electrons. The van der Waals surface area contributed by atoms with Gasteiger partial charge in [-0.15, -0.1) is 0 Å². The second kappa shape index (κ2) is 14.4. The van der Waals surface area contributed by atoms with Crippen LogP contribution in [0.1, 0.15) is 60.8 Å². The van der Waals surface area contributed by atoms with E-state index in [-0.39, 0.29) is 36.0 Å². The summed E-state index contributed by atoms with van der Waals surface area (Å²) in [5.74, 6) is -0.0990. The van der Waals surface area contributed by atoms with E-state index in [9.17, 15) is 14.4 Å². The summed E-state index contributed by atoms with van der Waals surface area (Å²) in [5.41, 5.74) is 2.68. The van der Waals surface area contributed by atoms with E-state index in [1.165, 1.54) is 35.1 Å². The van der Waals surface area contributed by atoms with Crippen molar-refractivity contribution in [2.75, 3.05) is 13.7 Å². The zero-order valence-electron chi connectivity index (χ0n) is 26.4. The Hall–Kier alpha value is -4.68. The van der Waals surface area contributed by atoms with E-state index in [2.05, 4.69) is 20.9 Å². The minimum atomic E-state index is -0.999. The maximum absolute atomic E-state index is 14.2. The molecule has 1 atom stereocenters. The molecule has 4 aromatic rings. The van der Waals surface area contributed by atoms with Crippen LogP contribution < -0.4 is 29.1 Å². The molecule has 1 aromatic heterocycles. The molecule has 0 unspecified atom stereocenters. The van der Waals surface area contributed by atoms with Crippen LogP contribution in [0, 0.1) is 0 Å². The smallest absolute Gasteiger partial charge is 0.338 e. The number of aromatic carboxylic acids is 1. The van der Waals surface area contributed by atoms with E-state index < -0.39 is 18.0 Å². The summed E-state index contributed by atoms with van der Waals surface area (Å²) < 4.78 is 25.7. The minimum Gasteiger partial charge on any atom is -0.493 e. The van der Waals surface area contributed by atoms with Crippen LogP contribution in [0.2, 0.25) is 0 Å². The van der Waals surface area contributed by atoms with Gasteiger partial charge in [0.25, 0.3) is 5.56 Å². The Morgan fingerprint density at radius 3 is 2.47 bits per heavy atom. The van der Waals surface area contributed by atoms with E-state index in [0.29, 0.717) is 47.9 Å². The first-order chi connectivity index (χ1) is 22.5. The van der Waals surface area contributed by atoms with Crippen LogP contribution in [0.5, 0.6) is 17.2 Å². The Morgan fingerprint density at radius 1 is 1.09 bits per heavy atom. The molecule has 1 aliphatic rings. The number of methoxy groups -OCH3 is 1. The van der Waals surface area contributed by atoms with Gasteiger partial charge in [-0.05, 0) is 75.2 Å². The lowest BCUT2D eigenvalue weighted by Crippen LogP contribution is -2.40. The molecule has 0 saturated carbocycles. The molecule has 12 heteroatoms. The molecule has 47 heavy (non-hydrogen) atoms. The second-order valence-electron chi connectivity index (χ2n) is 10.8. The number of carboxylic acid groups (broad SMARTS) is 1. The van der Waals surface area contributed by atoms with Gasteiger partial charge in [-0.3, -0.25) is 9.36 Å². The molecular weight excluding hydrogens is 688 g/mol. The number of esters is 1. The zero-order valence-corrected chi connectivity index (χ0v) is 28.8. The first kappa shape index (κ1) is 33.7. The molecule has 0 spiro atoms. The van der Waals surface area contributed by atoms with E-state index in [0.717, 1.165) is 5.56 Å². The number of ether oxygens (including phenoxy) is 4. The number of rotatable bonds is 11. The lowest BCUT2D eigenvalue weighted by molar-refractivity contribution is -0.139. The molecule has 0 fully saturated rings. The fourth-order valence-electron chi connectivity index (χ4n) is 5.13. The molecule has 3 aromatic carbocycles. The summed E-state index contributed by atoms with van der Waals surface area (Å²) in [7, 11) is 1.52. The number of fused-ring (bicyclic) bond motifs is 1. The Bertz CT molecular complexity index is 2050. The molecule has 1 aliphatic heterocycles. The Morgan fingerprint density at radius 2 is 1.81 bits per heavy atom. The van der Waals surface area contributed by atoms with Crippen molar-refractivity contribution in [1.82, 2.24) is 4.57 Å². The topological polar surface area (TPSA) is 126 Å². The van der Waals surface area contributed by atoms with Gasteiger partial charge in [0, 0.05) is 10.0 Å². The monoisotopic (exact) mass is 720 g/mol. The molecule has 0 aliphatic carbocycles. The number of para-hydroxylation sites is 1. The molecule has 5 rings (SSSR count). The van der Waals surface area contributed by atoms with Crippen LogP contribution in [0.4, 0.5) is 0 Å². The molecule has 0 radical (unpaired) electrons. The Kier molecular flexibility index (Phi) is 10.3. The molecule has 0 amide bonds. The maximum atomic E-state index is 14.2. The number of halogens is 1. The lowest BCUT2D eigenvalue weighted by atomic mass is 9.95. The van der Waals surface area contributed by atoms with Crippen molar-refractivity contribution in [3.8, 4) is 17.2 Å². The van der Waals surface area contributed by atoms with Crippen molar-refractivity contribution in [1.29, 1.82) is 0 Å². The van der Waals surface area contributed by atoms with Gasteiger partial charge in [-0.2, -0.15) is 0 Å². The van der Waals surface area contributed by atoms with Crippen molar-refractivity contribution in [2.45, 2.75) is 46.4 Å². The minimum absolute atomic E-state index is 0.139. The van der Waals surface area contributed by atoms with Crippen molar-refractivity contribution in [3.05, 3.63) is 118 Å². The highest BCUT2D eigenvalue weighted by Crippen LogP contribution is 2.37. The normalized spacial score (nSPS) is 14.4. The maximum Gasteiger partial charge on any atom is 0.338 e. The molecule has 0 bridgehead atoms. The van der Waals surface area contributed by atoms with Gasteiger partial charge in [0.1, 0.15) is 18.4 Å². The summed E-state index contributed by atoms with van der Waals surface area (Å²) in [5, 5.41) is 9.14. The summed E-state index contributed by atoms with van der Waals surface area (Å²) >= 11 is 4.82. The number of carbonyl (C=O) groups excluding carboxylic acids is 1. The predicted molar refractivity (Wildman–Crippen MR) is 181 cm³/mol. The quantitative estimate of drug-likeness (QED) is 0.198. The molecule has 10 nitrogen and oxygen atoms in total. The van der Waals surface area contributed by atoms with Gasteiger partial charge >= 0.3 is 11.9 Å². The number of allylic oxidation sites excluding steroid dienone is 1. The third-order valence-corrected chi connectivity index (χ3v) is 8.93. The van der Waals surface area contributed by atoms with Crippen molar-refractivity contribution in [3.63, 3.8) is 0 Å². The standard InChI is InChI=1S/C35H33BrN2O8S/c1-6-44-34(42)30-20(4)37-35-38(31(30)24-9-7-8-10-26(24)46-19(2)3)32(39)29(47-35)16-23-15-27(43-5)28(17-25(23)36)45-18-21-11-13-22(14-12-21)33(40)41/h7-17,19,31H,6,18H2,1-5H3,(H,40,41)/b29-16+/t31-/m1/s1. The van der Waals surface area contributed by atoms with Gasteiger partial charge in [0.15, 0.2) is 16.3 Å². The number of carboxylic acids is 1. The summed E-state index contributed by atoms with van der Waals surface area (Å²) in [6.07, 6.45) is 1.60. The number of benzene rings is 3. The Balaban J connectivity index is 1.57. The molecule has 1 N–H and O–H groups in total. The molecule has 0 saturated heterocycles. The molecule has 2 heterocycles. The summed E-state index contributed by atoms with van der Waals surface area (Å²) in [4.78, 5) is 43.8. The number of carbonyl (C=O) groups is 2. The van der Waals surface area contributed by atoms with Gasteiger partial charge in [-0.1, -0.05) is 57.6 Å². The van der Waals surface area contributed by atoms with Crippen LogP contribution in [0.3, 0.4) is 0 Å². The average Bonchev–Trinajstić information content (AvgIpc) is 3.34. The van der Waals surface area contributed by atoms with Crippen molar-refractivity contribution in [2.24, 2.45) is 4.99 Å². The first-order valence-corrected chi connectivity index (χ1v) is 16.4. The van der Waals surface area contributed by atoms with Crippen LogP contribution in [-0.4, -0.2) is 41.4 Å². The van der Waals surface area contributed by atoms with E-state index in [1.807, 2.05) is 38.1 Å². The van der Waals surface area contributed by atoms with Crippen molar-refractivity contribution >= 4 is 45.3 Å². The third-order valence-electron chi connectivity index (χ3n) is 7.26. The highest BCUT2D eigenvalue weighted by Gasteiger charge is 2.35. The SMILES string of the molecule is CCOC(=O)C1=C(C)N=c2s/c(=C/c3cc(OC)c(OCc4ccc(C(=O)O)cc4)cc3Br)c(=O)n2[C@@H]1c1ccccc1OC(C)C. The molecular formula is C35H33BrN2O8S. The van der Waals surface area contributed by atoms with Crippen LogP contribution >= 0.6 is 27.3 Å². The van der Waals surface area contributed by atoms with Crippen molar-refractivity contribution < 1.29 is 33.6 Å².